The molecule has 2 N–H and O–H groups in total. The van der Waals surface area contributed by atoms with Gasteiger partial charge in [0.25, 0.3) is 10.0 Å². The first-order valence-corrected chi connectivity index (χ1v) is 9.04. The minimum absolute atomic E-state index is 0.0399. The van der Waals surface area contributed by atoms with Gasteiger partial charge in [-0.2, -0.15) is 8.42 Å². The predicted octanol–water partition coefficient (Wildman–Crippen LogP) is 1.93. The normalized spacial score (nSPS) is 11.6. The molecule has 9 nitrogen and oxygen atoms in total. The van der Waals surface area contributed by atoms with E-state index in [1.807, 2.05) is 12.4 Å². The first-order chi connectivity index (χ1) is 12.6. The van der Waals surface area contributed by atoms with E-state index in [0.29, 0.717) is 22.9 Å². The summed E-state index contributed by atoms with van der Waals surface area (Å²) >= 11 is 0. The summed E-state index contributed by atoms with van der Waals surface area (Å²) in [6, 6.07) is 6.94. The van der Waals surface area contributed by atoms with Gasteiger partial charge in [-0.15, -0.1) is 0 Å². The van der Waals surface area contributed by atoms with Crippen LogP contribution in [0.15, 0.2) is 60.4 Å². The van der Waals surface area contributed by atoms with Crippen molar-refractivity contribution in [2.75, 3.05) is 11.8 Å². The second-order valence-electron chi connectivity index (χ2n) is 5.39. The highest BCUT2D eigenvalue weighted by Gasteiger charge is 2.19. The van der Waals surface area contributed by atoms with Crippen LogP contribution in [0, 0.1) is 0 Å². The molecule has 0 spiro atoms. The van der Waals surface area contributed by atoms with Crippen LogP contribution in [-0.4, -0.2) is 39.9 Å². The first kappa shape index (κ1) is 16.1. The van der Waals surface area contributed by atoms with Crippen molar-refractivity contribution in [3.63, 3.8) is 0 Å². The molecule has 0 aliphatic carbocycles. The number of aromatic amines is 1. The van der Waals surface area contributed by atoms with Crippen LogP contribution in [0.4, 0.5) is 5.69 Å². The van der Waals surface area contributed by atoms with Gasteiger partial charge in [0.15, 0.2) is 5.03 Å². The van der Waals surface area contributed by atoms with E-state index in [9.17, 15) is 8.42 Å². The molecule has 1 aromatic carbocycles. The predicted molar refractivity (Wildman–Crippen MR) is 94.4 cm³/mol. The van der Waals surface area contributed by atoms with Crippen molar-refractivity contribution >= 4 is 21.5 Å². The third kappa shape index (κ3) is 2.86. The SMILES string of the molecule is COc1ccc(-c2cn3cccnc3n2)cc1NS(=O)(=O)c1cnc[nH]1. The van der Waals surface area contributed by atoms with Crippen LogP contribution in [0.1, 0.15) is 0 Å². The van der Waals surface area contributed by atoms with E-state index < -0.39 is 10.0 Å². The molecule has 132 valence electrons. The molecule has 26 heavy (non-hydrogen) atoms. The van der Waals surface area contributed by atoms with Gasteiger partial charge in [-0.3, -0.25) is 9.12 Å². The zero-order valence-electron chi connectivity index (χ0n) is 13.6. The molecular weight excluding hydrogens is 356 g/mol. The Morgan fingerprint density at radius 1 is 1.31 bits per heavy atom. The highest BCUT2D eigenvalue weighted by atomic mass is 32.2. The summed E-state index contributed by atoms with van der Waals surface area (Å²) in [7, 11) is -2.34. The number of sulfonamides is 1. The van der Waals surface area contributed by atoms with Gasteiger partial charge in [0, 0.05) is 24.2 Å². The Hall–Kier alpha value is -3.40. The molecule has 3 aromatic heterocycles. The summed E-state index contributed by atoms with van der Waals surface area (Å²) < 4.78 is 34.5. The van der Waals surface area contributed by atoms with Gasteiger partial charge >= 0.3 is 0 Å². The maximum atomic E-state index is 12.5. The van der Waals surface area contributed by atoms with Crippen molar-refractivity contribution in [3.05, 3.63) is 55.4 Å². The number of H-pyrrole nitrogens is 1. The second kappa shape index (κ2) is 6.15. The Morgan fingerprint density at radius 3 is 2.92 bits per heavy atom. The number of nitrogens with zero attached hydrogens (tertiary/aromatic N) is 4. The van der Waals surface area contributed by atoms with Crippen molar-refractivity contribution in [1.82, 2.24) is 24.3 Å². The Labute approximate surface area is 148 Å². The molecule has 10 heteroatoms. The molecule has 0 saturated carbocycles. The van der Waals surface area contributed by atoms with Crippen LogP contribution in [-0.2, 0) is 10.0 Å². The van der Waals surface area contributed by atoms with E-state index in [0.717, 1.165) is 5.56 Å². The molecule has 0 amide bonds. The number of hydrogen-bond donors (Lipinski definition) is 2. The third-order valence-corrected chi connectivity index (χ3v) is 5.03. The maximum absolute atomic E-state index is 12.5. The average molecular weight is 370 g/mol. The van der Waals surface area contributed by atoms with Crippen molar-refractivity contribution in [2.45, 2.75) is 5.03 Å². The minimum Gasteiger partial charge on any atom is -0.495 e. The van der Waals surface area contributed by atoms with Crippen molar-refractivity contribution in [2.24, 2.45) is 0 Å². The van der Waals surface area contributed by atoms with E-state index in [1.54, 1.807) is 34.9 Å². The third-order valence-electron chi connectivity index (χ3n) is 3.74. The number of fused-ring (bicyclic) bond motifs is 1. The number of ether oxygens (including phenoxy) is 1. The summed E-state index contributed by atoms with van der Waals surface area (Å²) in [5.41, 5.74) is 1.68. The van der Waals surface area contributed by atoms with Crippen LogP contribution in [0.25, 0.3) is 17.0 Å². The summed E-state index contributed by atoms with van der Waals surface area (Å²) in [5.74, 6) is 0.941. The monoisotopic (exact) mass is 370 g/mol. The largest absolute Gasteiger partial charge is 0.495 e. The number of benzene rings is 1. The molecule has 0 bridgehead atoms. The standard InChI is InChI=1S/C16H14N6O3S/c1-25-14-4-3-11(13-9-22-6-2-5-18-16(22)20-13)7-12(14)21-26(23,24)15-8-17-10-19-15/h2-10,21H,1H3,(H,17,19). The Morgan fingerprint density at radius 2 is 2.19 bits per heavy atom. The molecule has 0 saturated heterocycles. The van der Waals surface area contributed by atoms with E-state index >= 15 is 0 Å². The first-order valence-electron chi connectivity index (χ1n) is 7.56. The van der Waals surface area contributed by atoms with Crippen LogP contribution in [0.2, 0.25) is 0 Å². The second-order valence-corrected chi connectivity index (χ2v) is 7.04. The Bertz CT molecular complexity index is 1130. The van der Waals surface area contributed by atoms with E-state index in [1.165, 1.54) is 19.6 Å². The highest BCUT2D eigenvalue weighted by molar-refractivity contribution is 7.92. The zero-order valence-corrected chi connectivity index (χ0v) is 14.4. The Kier molecular flexibility index (Phi) is 3.81. The van der Waals surface area contributed by atoms with Gasteiger partial charge in [-0.1, -0.05) is 0 Å². The van der Waals surface area contributed by atoms with Crippen LogP contribution in [0.5, 0.6) is 5.75 Å². The van der Waals surface area contributed by atoms with Gasteiger partial charge in [0.2, 0.25) is 5.78 Å². The topological polar surface area (TPSA) is 114 Å². The molecule has 0 aliphatic rings. The molecule has 0 unspecified atom stereocenters. The lowest BCUT2D eigenvalue weighted by Crippen LogP contribution is -2.14. The summed E-state index contributed by atoms with van der Waals surface area (Å²) in [4.78, 5) is 14.9. The fraction of sp³-hybridized carbons (Fsp3) is 0.0625. The zero-order chi connectivity index (χ0) is 18.1. The summed E-state index contributed by atoms with van der Waals surface area (Å²) in [6.07, 6.45) is 7.84. The van der Waals surface area contributed by atoms with Gasteiger partial charge < -0.3 is 9.72 Å². The fourth-order valence-electron chi connectivity index (χ4n) is 2.51. The number of aromatic nitrogens is 5. The number of nitrogens with one attached hydrogen (secondary N) is 2. The molecule has 0 radical (unpaired) electrons. The quantitative estimate of drug-likeness (QED) is 0.555. The van der Waals surface area contributed by atoms with Gasteiger partial charge in [-0.05, 0) is 24.3 Å². The number of hydrogen-bond acceptors (Lipinski definition) is 6. The lowest BCUT2D eigenvalue weighted by Gasteiger charge is -2.12. The summed E-state index contributed by atoms with van der Waals surface area (Å²) in [6.45, 7) is 0. The van der Waals surface area contributed by atoms with Gasteiger partial charge in [0.1, 0.15) is 5.75 Å². The lowest BCUT2D eigenvalue weighted by atomic mass is 10.1. The number of methoxy groups -OCH3 is 1. The molecule has 4 aromatic rings. The van der Waals surface area contributed by atoms with E-state index in [-0.39, 0.29) is 5.03 Å². The van der Waals surface area contributed by atoms with Crippen molar-refractivity contribution in [1.29, 1.82) is 0 Å². The number of anilines is 1. The van der Waals surface area contributed by atoms with E-state index in [4.69, 9.17) is 4.74 Å². The molecule has 0 aliphatic heterocycles. The summed E-state index contributed by atoms with van der Waals surface area (Å²) in [5, 5.41) is -0.0399. The molecular formula is C16H14N6O3S. The van der Waals surface area contributed by atoms with Crippen LogP contribution < -0.4 is 9.46 Å². The maximum Gasteiger partial charge on any atom is 0.279 e. The highest BCUT2D eigenvalue weighted by Crippen LogP contribution is 2.31. The van der Waals surface area contributed by atoms with Crippen LogP contribution in [0.3, 0.4) is 0 Å². The molecule has 0 fully saturated rings. The smallest absolute Gasteiger partial charge is 0.279 e. The van der Waals surface area contributed by atoms with Gasteiger partial charge in [-0.25, -0.2) is 15.0 Å². The number of rotatable bonds is 5. The minimum atomic E-state index is -3.81. The van der Waals surface area contributed by atoms with Crippen molar-refractivity contribution < 1.29 is 13.2 Å². The molecule has 3 heterocycles. The number of imidazole rings is 2. The van der Waals surface area contributed by atoms with Gasteiger partial charge in [0.05, 0.1) is 31.0 Å². The van der Waals surface area contributed by atoms with E-state index in [2.05, 4.69) is 24.7 Å². The lowest BCUT2D eigenvalue weighted by molar-refractivity contribution is 0.417. The molecule has 0 atom stereocenters. The molecule has 4 rings (SSSR count). The average Bonchev–Trinajstić information content (AvgIpc) is 3.31. The fourth-order valence-corrected chi connectivity index (χ4v) is 3.47. The van der Waals surface area contributed by atoms with Crippen molar-refractivity contribution in [3.8, 4) is 17.0 Å². The Balaban J connectivity index is 1.76. The van der Waals surface area contributed by atoms with Crippen LogP contribution >= 0.6 is 0 Å².